The van der Waals surface area contributed by atoms with Crippen LogP contribution in [0.25, 0.3) is 0 Å². The summed E-state index contributed by atoms with van der Waals surface area (Å²) in [6.07, 6.45) is 2.07. The van der Waals surface area contributed by atoms with E-state index in [0.29, 0.717) is 6.54 Å². The Kier molecular flexibility index (Phi) is 3.73. The number of hydrogen-bond acceptors (Lipinski definition) is 3. The van der Waals surface area contributed by atoms with Crippen molar-refractivity contribution in [1.29, 1.82) is 0 Å². The van der Waals surface area contributed by atoms with Crippen molar-refractivity contribution in [3.63, 3.8) is 0 Å². The van der Waals surface area contributed by atoms with Gasteiger partial charge in [-0.25, -0.2) is 12.8 Å². The van der Waals surface area contributed by atoms with Gasteiger partial charge in [-0.3, -0.25) is 4.79 Å². The molecule has 0 aromatic heterocycles. The maximum atomic E-state index is 13.9. The van der Waals surface area contributed by atoms with E-state index >= 15 is 0 Å². The number of hydrogen-bond donors (Lipinski definition) is 0. The summed E-state index contributed by atoms with van der Waals surface area (Å²) in [5, 5.41) is -0.851. The molecule has 4 nitrogen and oxygen atoms in total. The number of rotatable bonds is 2. The van der Waals surface area contributed by atoms with E-state index in [1.54, 1.807) is 17.0 Å². The number of carbonyl (C=O) groups excluding carboxylic acids is 1. The average Bonchev–Trinajstić information content (AvgIpc) is 3.27. The summed E-state index contributed by atoms with van der Waals surface area (Å²) < 4.78 is 38.7. The second-order valence-corrected chi connectivity index (χ2v) is 8.07. The van der Waals surface area contributed by atoms with Crippen LogP contribution in [0.1, 0.15) is 30.1 Å². The molecular formula is C15H18FNO3S. The molecular weight excluding hydrogens is 293 g/mol. The molecule has 1 atom stereocenters. The van der Waals surface area contributed by atoms with Gasteiger partial charge in [0.15, 0.2) is 9.84 Å². The summed E-state index contributed by atoms with van der Waals surface area (Å²) in [4.78, 5) is 13.7. The molecule has 3 rings (SSSR count). The smallest absolute Gasteiger partial charge is 0.225 e. The first-order valence-electron chi connectivity index (χ1n) is 7.24. The van der Waals surface area contributed by atoms with Gasteiger partial charge in [0.1, 0.15) is 5.82 Å². The van der Waals surface area contributed by atoms with Gasteiger partial charge in [0.25, 0.3) is 0 Å². The molecule has 1 heterocycles. The van der Waals surface area contributed by atoms with Gasteiger partial charge in [0, 0.05) is 24.6 Å². The lowest BCUT2D eigenvalue weighted by Gasteiger charge is -2.19. The van der Waals surface area contributed by atoms with Crippen LogP contribution in [-0.2, 0) is 14.6 Å². The van der Waals surface area contributed by atoms with Crippen LogP contribution in [0.15, 0.2) is 24.3 Å². The fraction of sp³-hybridized carbons (Fsp3) is 0.533. The predicted molar refractivity (Wildman–Crippen MR) is 76.8 cm³/mol. The minimum atomic E-state index is -3.44. The minimum absolute atomic E-state index is 0.0550. The number of sulfone groups is 1. The van der Waals surface area contributed by atoms with Crippen LogP contribution in [0.3, 0.4) is 0 Å². The van der Waals surface area contributed by atoms with Crippen molar-refractivity contribution in [2.45, 2.75) is 24.5 Å². The van der Waals surface area contributed by atoms with Crippen molar-refractivity contribution in [3.8, 4) is 0 Å². The lowest BCUT2D eigenvalue weighted by atomic mass is 10.1. The number of amides is 1. The fourth-order valence-corrected chi connectivity index (χ4v) is 4.64. The van der Waals surface area contributed by atoms with Crippen LogP contribution in [0, 0.1) is 11.7 Å². The number of benzene rings is 1. The van der Waals surface area contributed by atoms with E-state index in [9.17, 15) is 17.6 Å². The highest BCUT2D eigenvalue weighted by Gasteiger charge is 2.38. The predicted octanol–water partition coefficient (Wildman–Crippen LogP) is 1.92. The monoisotopic (exact) mass is 311 g/mol. The summed E-state index contributed by atoms with van der Waals surface area (Å²) in [5.74, 6) is -0.449. The number of nitrogens with zero attached hydrogens (tertiary/aromatic N) is 1. The Morgan fingerprint density at radius 2 is 1.86 bits per heavy atom. The van der Waals surface area contributed by atoms with Crippen LogP contribution in [0.2, 0.25) is 0 Å². The first-order valence-corrected chi connectivity index (χ1v) is 8.95. The van der Waals surface area contributed by atoms with Gasteiger partial charge in [-0.1, -0.05) is 18.2 Å². The zero-order valence-corrected chi connectivity index (χ0v) is 12.5. The Morgan fingerprint density at radius 1 is 1.14 bits per heavy atom. The Hall–Kier alpha value is -1.43. The van der Waals surface area contributed by atoms with E-state index in [1.165, 1.54) is 12.1 Å². The van der Waals surface area contributed by atoms with Crippen LogP contribution in [0.5, 0.6) is 0 Å². The molecule has 0 bridgehead atoms. The molecule has 21 heavy (non-hydrogen) atoms. The van der Waals surface area contributed by atoms with Gasteiger partial charge in [-0.2, -0.15) is 0 Å². The van der Waals surface area contributed by atoms with Crippen molar-refractivity contribution in [2.24, 2.45) is 5.92 Å². The average molecular weight is 311 g/mol. The Labute approximate surface area is 123 Å². The lowest BCUT2D eigenvalue weighted by Crippen LogP contribution is -2.34. The van der Waals surface area contributed by atoms with E-state index in [-0.39, 0.29) is 36.1 Å². The van der Waals surface area contributed by atoms with Gasteiger partial charge < -0.3 is 4.90 Å². The number of carbonyl (C=O) groups is 1. The van der Waals surface area contributed by atoms with Gasteiger partial charge in [-0.15, -0.1) is 0 Å². The van der Waals surface area contributed by atoms with E-state index in [2.05, 4.69) is 0 Å². The Balaban J connectivity index is 1.84. The van der Waals surface area contributed by atoms with Crippen molar-refractivity contribution in [3.05, 3.63) is 35.6 Å². The van der Waals surface area contributed by atoms with Gasteiger partial charge in [0.05, 0.1) is 11.0 Å². The summed E-state index contributed by atoms with van der Waals surface area (Å²) in [7, 11) is -3.44. The topological polar surface area (TPSA) is 54.5 Å². The van der Waals surface area contributed by atoms with Crippen molar-refractivity contribution in [1.82, 2.24) is 4.90 Å². The molecule has 2 aliphatic rings. The van der Waals surface area contributed by atoms with Gasteiger partial charge >= 0.3 is 0 Å². The lowest BCUT2D eigenvalue weighted by molar-refractivity contribution is -0.132. The van der Waals surface area contributed by atoms with Crippen molar-refractivity contribution >= 4 is 15.7 Å². The third-order valence-electron chi connectivity index (χ3n) is 4.23. The molecule has 0 N–H and O–H groups in total. The van der Waals surface area contributed by atoms with E-state index in [4.69, 9.17) is 0 Å². The van der Waals surface area contributed by atoms with E-state index < -0.39 is 20.9 Å². The molecule has 0 radical (unpaired) electrons. The molecule has 6 heteroatoms. The number of halogens is 1. The third kappa shape index (κ3) is 2.95. The molecule has 1 saturated carbocycles. The molecule has 1 aliphatic heterocycles. The van der Waals surface area contributed by atoms with E-state index in [0.717, 1.165) is 12.8 Å². The summed E-state index contributed by atoms with van der Waals surface area (Å²) in [5.41, 5.74) is 0.221. The van der Waals surface area contributed by atoms with Gasteiger partial charge in [-0.05, 0) is 25.3 Å². The highest BCUT2D eigenvalue weighted by atomic mass is 32.2. The maximum absolute atomic E-state index is 13.9. The maximum Gasteiger partial charge on any atom is 0.225 e. The summed E-state index contributed by atoms with van der Waals surface area (Å²) >= 11 is 0. The zero-order valence-electron chi connectivity index (χ0n) is 11.7. The molecule has 1 unspecified atom stereocenters. The van der Waals surface area contributed by atoms with Crippen LogP contribution < -0.4 is 0 Å². The van der Waals surface area contributed by atoms with Gasteiger partial charge in [0.2, 0.25) is 5.91 Å². The van der Waals surface area contributed by atoms with E-state index in [1.807, 2.05) is 0 Å². The zero-order chi connectivity index (χ0) is 15.0. The highest BCUT2D eigenvalue weighted by molar-refractivity contribution is 7.91. The quantitative estimate of drug-likeness (QED) is 0.838. The Morgan fingerprint density at radius 3 is 2.52 bits per heavy atom. The van der Waals surface area contributed by atoms with Crippen LogP contribution >= 0.6 is 0 Å². The fourth-order valence-electron chi connectivity index (χ4n) is 2.84. The molecule has 1 aliphatic carbocycles. The van der Waals surface area contributed by atoms with Crippen molar-refractivity contribution < 1.29 is 17.6 Å². The minimum Gasteiger partial charge on any atom is -0.341 e. The third-order valence-corrected chi connectivity index (χ3v) is 6.34. The summed E-state index contributed by atoms with van der Waals surface area (Å²) in [6.45, 7) is 0.607. The molecule has 1 amide bonds. The molecule has 114 valence electrons. The normalized spacial score (nSPS) is 25.4. The molecule has 1 saturated heterocycles. The highest BCUT2D eigenvalue weighted by Crippen LogP contribution is 2.34. The molecule has 2 fully saturated rings. The molecule has 1 aromatic rings. The molecule has 1 aromatic carbocycles. The van der Waals surface area contributed by atoms with Crippen molar-refractivity contribution in [2.75, 3.05) is 18.8 Å². The standard InChI is InChI=1S/C15H18FNO3S/c16-13-4-2-1-3-12(13)14-7-8-17(9-10-21(14,19)20)15(18)11-5-6-11/h1-4,11,14H,5-10H2. The first-order chi connectivity index (χ1) is 9.99. The van der Waals surface area contributed by atoms with Crippen LogP contribution in [-0.4, -0.2) is 38.1 Å². The summed E-state index contributed by atoms with van der Waals surface area (Å²) in [6, 6.07) is 6.00. The Bertz CT molecular complexity index is 655. The molecule has 0 spiro atoms. The largest absolute Gasteiger partial charge is 0.341 e. The first kappa shape index (κ1) is 14.5. The SMILES string of the molecule is O=C(C1CC1)N1CCC(c2ccccc2F)S(=O)(=O)CC1. The second kappa shape index (κ2) is 5.40. The second-order valence-electron chi connectivity index (χ2n) is 5.77. The van der Waals surface area contributed by atoms with Crippen LogP contribution in [0.4, 0.5) is 4.39 Å².